The Hall–Kier alpha value is -1.93. The lowest BCUT2D eigenvalue weighted by Gasteiger charge is -2.31. The van der Waals surface area contributed by atoms with Gasteiger partial charge in [0.2, 0.25) is 15.9 Å². The number of aliphatic carboxylic acids is 1. The van der Waals surface area contributed by atoms with E-state index in [0.717, 1.165) is 5.56 Å². The molecule has 8 heteroatoms. The summed E-state index contributed by atoms with van der Waals surface area (Å²) in [5.74, 6) is -1.90. The number of hydrogen-bond donors (Lipinski definition) is 2. The maximum Gasteiger partial charge on any atom is 0.326 e. The molecule has 2 N–H and O–H groups in total. The number of piperidine rings is 1. The first-order chi connectivity index (χ1) is 12.7. The number of sulfonamides is 1. The smallest absolute Gasteiger partial charge is 0.326 e. The standard InChI is InChI=1S/C19H28N2O5S/c1-4-14(3)17(19(23)24)20-18(22)15-9-11-21(12-10-15)27(25,26)16-7-5-13(2)6-8-16/h5-8,14-15,17H,4,9-12H2,1-3H3,(H,20,22)(H,23,24)/t14-,17+/m1/s1. The summed E-state index contributed by atoms with van der Waals surface area (Å²) in [7, 11) is -3.57. The fourth-order valence-corrected chi connectivity index (χ4v) is 4.64. The lowest BCUT2D eigenvalue weighted by Crippen LogP contribution is -2.49. The van der Waals surface area contributed by atoms with Crippen molar-refractivity contribution in [1.82, 2.24) is 9.62 Å². The number of amides is 1. The van der Waals surface area contributed by atoms with E-state index in [-0.39, 0.29) is 35.7 Å². The van der Waals surface area contributed by atoms with Crippen LogP contribution < -0.4 is 5.32 Å². The van der Waals surface area contributed by atoms with Gasteiger partial charge in [0.25, 0.3) is 0 Å². The maximum absolute atomic E-state index is 12.7. The Morgan fingerprint density at radius 2 is 1.78 bits per heavy atom. The van der Waals surface area contributed by atoms with E-state index in [1.807, 2.05) is 13.8 Å². The molecule has 0 unspecified atom stereocenters. The van der Waals surface area contributed by atoms with E-state index < -0.39 is 22.0 Å². The highest BCUT2D eigenvalue weighted by molar-refractivity contribution is 7.89. The summed E-state index contributed by atoms with van der Waals surface area (Å²) < 4.78 is 26.8. The first-order valence-corrected chi connectivity index (χ1v) is 10.7. The first-order valence-electron chi connectivity index (χ1n) is 9.26. The Labute approximate surface area is 160 Å². The Balaban J connectivity index is 1.99. The van der Waals surface area contributed by atoms with Crippen LogP contribution in [-0.2, 0) is 19.6 Å². The van der Waals surface area contributed by atoms with Crippen molar-refractivity contribution >= 4 is 21.9 Å². The van der Waals surface area contributed by atoms with E-state index in [0.29, 0.717) is 19.3 Å². The molecule has 0 aliphatic carbocycles. The second kappa shape index (κ2) is 8.84. The first kappa shape index (κ1) is 21.4. The van der Waals surface area contributed by atoms with Crippen LogP contribution in [0.4, 0.5) is 0 Å². The van der Waals surface area contributed by atoms with Crippen LogP contribution in [0.1, 0.15) is 38.7 Å². The molecule has 1 heterocycles. The number of benzene rings is 1. The topological polar surface area (TPSA) is 104 Å². The highest BCUT2D eigenvalue weighted by atomic mass is 32.2. The van der Waals surface area contributed by atoms with Gasteiger partial charge in [0, 0.05) is 19.0 Å². The lowest BCUT2D eigenvalue weighted by atomic mass is 9.94. The number of aryl methyl sites for hydroxylation is 1. The quantitative estimate of drug-likeness (QED) is 0.734. The van der Waals surface area contributed by atoms with Crippen molar-refractivity contribution < 1.29 is 23.1 Å². The van der Waals surface area contributed by atoms with Gasteiger partial charge in [0.1, 0.15) is 6.04 Å². The third-order valence-electron chi connectivity index (χ3n) is 5.26. The number of nitrogens with one attached hydrogen (secondary N) is 1. The van der Waals surface area contributed by atoms with Crippen LogP contribution in [0, 0.1) is 18.8 Å². The molecule has 2 rings (SSSR count). The Morgan fingerprint density at radius 3 is 2.26 bits per heavy atom. The molecule has 1 fully saturated rings. The number of hydrogen-bond acceptors (Lipinski definition) is 4. The van der Waals surface area contributed by atoms with Crippen LogP contribution in [0.3, 0.4) is 0 Å². The third-order valence-corrected chi connectivity index (χ3v) is 7.17. The zero-order valence-corrected chi connectivity index (χ0v) is 16.8. The summed E-state index contributed by atoms with van der Waals surface area (Å²) in [6.45, 7) is 6.05. The Kier molecular flexibility index (Phi) is 7.00. The van der Waals surface area contributed by atoms with E-state index in [2.05, 4.69) is 5.32 Å². The monoisotopic (exact) mass is 396 g/mol. The minimum Gasteiger partial charge on any atom is -0.480 e. The Morgan fingerprint density at radius 1 is 1.22 bits per heavy atom. The number of carboxylic acids is 1. The van der Waals surface area contributed by atoms with Gasteiger partial charge in [-0.2, -0.15) is 4.31 Å². The molecule has 1 aromatic carbocycles. The molecule has 0 radical (unpaired) electrons. The number of nitrogens with zero attached hydrogens (tertiary/aromatic N) is 1. The van der Waals surface area contributed by atoms with Gasteiger partial charge >= 0.3 is 5.97 Å². The van der Waals surface area contributed by atoms with Crippen LogP contribution in [0.15, 0.2) is 29.2 Å². The predicted octanol–water partition coefficient (Wildman–Crippen LogP) is 2.01. The third kappa shape index (κ3) is 5.07. The fraction of sp³-hybridized carbons (Fsp3) is 0.579. The highest BCUT2D eigenvalue weighted by Crippen LogP contribution is 2.24. The molecule has 0 bridgehead atoms. The SMILES string of the molecule is CC[C@@H](C)[C@H](NC(=O)C1CCN(S(=O)(=O)c2ccc(C)cc2)CC1)C(=O)O. The molecular formula is C19H28N2O5S. The van der Waals surface area contributed by atoms with Crippen molar-refractivity contribution in [3.05, 3.63) is 29.8 Å². The van der Waals surface area contributed by atoms with Gasteiger partial charge in [-0.05, 0) is 37.8 Å². The predicted molar refractivity (Wildman–Crippen MR) is 102 cm³/mol. The van der Waals surface area contributed by atoms with Crippen LogP contribution in [-0.4, -0.2) is 48.8 Å². The average molecular weight is 397 g/mol. The minimum absolute atomic E-state index is 0.173. The molecule has 150 valence electrons. The molecule has 27 heavy (non-hydrogen) atoms. The van der Waals surface area contributed by atoms with Crippen molar-refractivity contribution in [3.63, 3.8) is 0 Å². The van der Waals surface area contributed by atoms with Gasteiger partial charge in [-0.3, -0.25) is 4.79 Å². The van der Waals surface area contributed by atoms with Crippen LogP contribution >= 0.6 is 0 Å². The Bertz CT molecular complexity index is 768. The maximum atomic E-state index is 12.7. The van der Waals surface area contributed by atoms with Crippen LogP contribution in [0.5, 0.6) is 0 Å². The fourth-order valence-electron chi connectivity index (χ4n) is 3.17. The van der Waals surface area contributed by atoms with E-state index in [9.17, 15) is 23.1 Å². The molecule has 7 nitrogen and oxygen atoms in total. The van der Waals surface area contributed by atoms with Gasteiger partial charge in [0.05, 0.1) is 4.90 Å². The lowest BCUT2D eigenvalue weighted by molar-refractivity contribution is -0.144. The average Bonchev–Trinajstić information content (AvgIpc) is 2.65. The minimum atomic E-state index is -3.57. The number of carbonyl (C=O) groups is 2. The van der Waals surface area contributed by atoms with E-state index in [1.54, 1.807) is 31.2 Å². The summed E-state index contributed by atoms with van der Waals surface area (Å²) in [6, 6.07) is 5.78. The van der Waals surface area contributed by atoms with Crippen LogP contribution in [0.2, 0.25) is 0 Å². The van der Waals surface area contributed by atoms with E-state index in [4.69, 9.17) is 0 Å². The summed E-state index contributed by atoms with van der Waals surface area (Å²) in [6.07, 6.45) is 1.40. The molecular weight excluding hydrogens is 368 g/mol. The van der Waals surface area contributed by atoms with E-state index in [1.165, 1.54) is 4.31 Å². The van der Waals surface area contributed by atoms with Gasteiger partial charge in [0.15, 0.2) is 0 Å². The highest BCUT2D eigenvalue weighted by Gasteiger charge is 2.34. The number of carbonyl (C=O) groups excluding carboxylic acids is 1. The number of carboxylic acid groups (broad SMARTS) is 1. The summed E-state index contributed by atoms with van der Waals surface area (Å²) in [4.78, 5) is 24.1. The molecule has 1 aliphatic heterocycles. The van der Waals surface area contributed by atoms with Gasteiger partial charge in [-0.1, -0.05) is 38.0 Å². The molecule has 1 saturated heterocycles. The zero-order chi connectivity index (χ0) is 20.2. The van der Waals surface area contributed by atoms with Crippen molar-refractivity contribution in [1.29, 1.82) is 0 Å². The second-order valence-electron chi connectivity index (χ2n) is 7.20. The van der Waals surface area contributed by atoms with Gasteiger partial charge < -0.3 is 10.4 Å². The van der Waals surface area contributed by atoms with Gasteiger partial charge in [-0.25, -0.2) is 13.2 Å². The molecule has 0 saturated carbocycles. The molecule has 1 aromatic rings. The van der Waals surface area contributed by atoms with Crippen molar-refractivity contribution in [2.45, 2.75) is 51.0 Å². The molecule has 1 aliphatic rings. The second-order valence-corrected chi connectivity index (χ2v) is 9.14. The summed E-state index contributed by atoms with van der Waals surface area (Å²) in [5, 5.41) is 11.9. The summed E-state index contributed by atoms with van der Waals surface area (Å²) in [5.41, 5.74) is 0.985. The zero-order valence-electron chi connectivity index (χ0n) is 16.0. The molecule has 2 atom stereocenters. The molecule has 0 spiro atoms. The molecule has 1 amide bonds. The molecule has 0 aromatic heterocycles. The van der Waals surface area contributed by atoms with Crippen LogP contribution in [0.25, 0.3) is 0 Å². The van der Waals surface area contributed by atoms with Gasteiger partial charge in [-0.15, -0.1) is 0 Å². The van der Waals surface area contributed by atoms with Crippen molar-refractivity contribution in [3.8, 4) is 0 Å². The van der Waals surface area contributed by atoms with Crippen molar-refractivity contribution in [2.75, 3.05) is 13.1 Å². The largest absolute Gasteiger partial charge is 0.480 e. The van der Waals surface area contributed by atoms with E-state index >= 15 is 0 Å². The van der Waals surface area contributed by atoms with Crippen molar-refractivity contribution in [2.24, 2.45) is 11.8 Å². The summed E-state index contributed by atoms with van der Waals surface area (Å²) >= 11 is 0. The number of rotatable bonds is 7. The normalized spacial score (nSPS) is 18.6.